The number of carbonyl (C=O) groups is 2. The maximum atomic E-state index is 12.9. The van der Waals surface area contributed by atoms with E-state index in [1.54, 1.807) is 12.0 Å². The molecular formula is C22H23N3O3. The minimum atomic E-state index is -0.214. The third-order valence-electron chi connectivity index (χ3n) is 5.24. The highest BCUT2D eigenvalue weighted by molar-refractivity contribution is 5.99. The summed E-state index contributed by atoms with van der Waals surface area (Å²) in [5.41, 5.74) is 2.31. The van der Waals surface area contributed by atoms with Crippen molar-refractivity contribution in [1.82, 2.24) is 9.88 Å². The van der Waals surface area contributed by atoms with Crippen molar-refractivity contribution in [3.8, 4) is 5.75 Å². The molecule has 0 saturated carbocycles. The topological polar surface area (TPSA) is 74.4 Å². The van der Waals surface area contributed by atoms with Crippen LogP contribution in [0.5, 0.6) is 5.75 Å². The standard InChI is InChI=1S/C22H23N3O3/c1-28-19-8-6-18(7-9-19)24-21(26)17-3-2-12-25(14-17)22(27)16-5-4-15-10-11-23-20(15)13-16/h4-11,13,17,23H,2-3,12,14H2,1H3,(H,24,26)/t17-/m1/s1. The molecule has 6 heteroatoms. The van der Waals surface area contributed by atoms with Crippen molar-refractivity contribution in [2.24, 2.45) is 5.92 Å². The molecule has 28 heavy (non-hydrogen) atoms. The highest BCUT2D eigenvalue weighted by Crippen LogP contribution is 2.23. The lowest BCUT2D eigenvalue weighted by atomic mass is 9.96. The molecule has 2 heterocycles. The molecule has 0 radical (unpaired) electrons. The SMILES string of the molecule is COc1ccc(NC(=O)[C@@H]2CCCN(C(=O)c3ccc4cc[nH]c4c3)C2)cc1. The summed E-state index contributed by atoms with van der Waals surface area (Å²) in [7, 11) is 1.61. The van der Waals surface area contributed by atoms with Gasteiger partial charge < -0.3 is 19.9 Å². The van der Waals surface area contributed by atoms with Crippen molar-refractivity contribution in [3.63, 3.8) is 0 Å². The summed E-state index contributed by atoms with van der Waals surface area (Å²) in [5, 5.41) is 4.02. The molecule has 1 aliphatic heterocycles. The molecule has 1 atom stereocenters. The number of nitrogens with one attached hydrogen (secondary N) is 2. The number of nitrogens with zero attached hydrogens (tertiary/aromatic N) is 1. The number of rotatable bonds is 4. The zero-order chi connectivity index (χ0) is 19.5. The van der Waals surface area contributed by atoms with Crippen molar-refractivity contribution in [3.05, 3.63) is 60.3 Å². The zero-order valence-electron chi connectivity index (χ0n) is 15.8. The van der Waals surface area contributed by atoms with Crippen LogP contribution in [0.2, 0.25) is 0 Å². The van der Waals surface area contributed by atoms with Crippen LogP contribution in [0, 0.1) is 5.92 Å². The molecule has 4 rings (SSSR count). The third kappa shape index (κ3) is 3.71. The van der Waals surface area contributed by atoms with Crippen LogP contribution in [0.3, 0.4) is 0 Å². The Morgan fingerprint density at radius 2 is 1.96 bits per heavy atom. The molecule has 0 aliphatic carbocycles. The molecule has 0 bridgehead atoms. The van der Waals surface area contributed by atoms with Gasteiger partial charge in [0.05, 0.1) is 13.0 Å². The Morgan fingerprint density at radius 3 is 2.75 bits per heavy atom. The first-order chi connectivity index (χ1) is 13.6. The van der Waals surface area contributed by atoms with E-state index in [-0.39, 0.29) is 17.7 Å². The van der Waals surface area contributed by atoms with Gasteiger partial charge >= 0.3 is 0 Å². The number of likely N-dealkylation sites (tertiary alicyclic amines) is 1. The van der Waals surface area contributed by atoms with E-state index < -0.39 is 0 Å². The van der Waals surface area contributed by atoms with Crippen LogP contribution in [-0.4, -0.2) is 41.9 Å². The molecule has 1 fully saturated rings. The summed E-state index contributed by atoms with van der Waals surface area (Å²) in [6.07, 6.45) is 3.46. The van der Waals surface area contributed by atoms with E-state index in [1.165, 1.54) is 0 Å². The molecule has 0 unspecified atom stereocenters. The van der Waals surface area contributed by atoms with E-state index in [4.69, 9.17) is 4.74 Å². The number of ether oxygens (including phenoxy) is 1. The summed E-state index contributed by atoms with van der Waals surface area (Å²) in [6.45, 7) is 1.11. The maximum Gasteiger partial charge on any atom is 0.253 e. The lowest BCUT2D eigenvalue weighted by Crippen LogP contribution is -2.43. The number of aromatic amines is 1. The number of benzene rings is 2. The summed E-state index contributed by atoms with van der Waals surface area (Å²) in [4.78, 5) is 30.5. The molecule has 0 spiro atoms. The Balaban J connectivity index is 1.42. The van der Waals surface area contributed by atoms with Gasteiger partial charge in [0.15, 0.2) is 0 Å². The fourth-order valence-electron chi connectivity index (χ4n) is 3.66. The molecule has 2 amide bonds. The summed E-state index contributed by atoms with van der Waals surface area (Å²) in [5.74, 6) is 0.446. The second-order valence-corrected chi connectivity index (χ2v) is 7.09. The number of aromatic nitrogens is 1. The highest BCUT2D eigenvalue weighted by atomic mass is 16.5. The normalized spacial score (nSPS) is 16.8. The Bertz CT molecular complexity index is 994. The highest BCUT2D eigenvalue weighted by Gasteiger charge is 2.29. The number of amides is 2. The van der Waals surface area contributed by atoms with E-state index in [0.29, 0.717) is 18.7 Å². The quantitative estimate of drug-likeness (QED) is 0.729. The van der Waals surface area contributed by atoms with Crippen LogP contribution >= 0.6 is 0 Å². The van der Waals surface area contributed by atoms with Gasteiger partial charge in [-0.2, -0.15) is 0 Å². The summed E-state index contributed by atoms with van der Waals surface area (Å²) >= 11 is 0. The molecule has 1 aliphatic rings. The van der Waals surface area contributed by atoms with Gasteiger partial charge in [0.1, 0.15) is 5.75 Å². The number of hydrogen-bond acceptors (Lipinski definition) is 3. The molecule has 2 N–H and O–H groups in total. The maximum absolute atomic E-state index is 12.9. The zero-order valence-corrected chi connectivity index (χ0v) is 15.8. The van der Waals surface area contributed by atoms with Gasteiger partial charge in [0, 0.05) is 36.1 Å². The lowest BCUT2D eigenvalue weighted by Gasteiger charge is -2.32. The van der Waals surface area contributed by atoms with Crippen LogP contribution in [0.4, 0.5) is 5.69 Å². The van der Waals surface area contributed by atoms with Gasteiger partial charge in [-0.3, -0.25) is 9.59 Å². The van der Waals surface area contributed by atoms with E-state index in [2.05, 4.69) is 10.3 Å². The Morgan fingerprint density at radius 1 is 1.14 bits per heavy atom. The second kappa shape index (κ2) is 7.76. The molecule has 6 nitrogen and oxygen atoms in total. The molecule has 1 saturated heterocycles. The van der Waals surface area contributed by atoms with Gasteiger partial charge in [-0.25, -0.2) is 0 Å². The number of carbonyl (C=O) groups excluding carboxylic acids is 2. The minimum absolute atomic E-state index is 0.0292. The number of methoxy groups -OCH3 is 1. The largest absolute Gasteiger partial charge is 0.497 e. The van der Waals surface area contributed by atoms with Crippen molar-refractivity contribution in [2.75, 3.05) is 25.5 Å². The van der Waals surface area contributed by atoms with Gasteiger partial charge in [-0.15, -0.1) is 0 Å². The van der Waals surface area contributed by atoms with Gasteiger partial charge in [0.2, 0.25) is 5.91 Å². The molecule has 3 aromatic rings. The predicted octanol–water partition coefficient (Wildman–Crippen LogP) is 3.67. The number of anilines is 1. The minimum Gasteiger partial charge on any atom is -0.497 e. The van der Waals surface area contributed by atoms with Crippen molar-refractivity contribution in [2.45, 2.75) is 12.8 Å². The van der Waals surface area contributed by atoms with Gasteiger partial charge in [0.25, 0.3) is 5.91 Å². The fraction of sp³-hybridized carbons (Fsp3) is 0.273. The lowest BCUT2D eigenvalue weighted by molar-refractivity contribution is -0.121. The van der Waals surface area contributed by atoms with Crippen LogP contribution in [0.15, 0.2) is 54.7 Å². The first-order valence-electron chi connectivity index (χ1n) is 9.45. The van der Waals surface area contributed by atoms with Gasteiger partial charge in [-0.05, 0) is 60.7 Å². The van der Waals surface area contributed by atoms with Crippen molar-refractivity contribution in [1.29, 1.82) is 0 Å². The van der Waals surface area contributed by atoms with Gasteiger partial charge in [-0.1, -0.05) is 6.07 Å². The molecule has 144 valence electrons. The summed E-state index contributed by atoms with van der Waals surface area (Å²) in [6, 6.07) is 14.9. The van der Waals surface area contributed by atoms with Crippen molar-refractivity contribution >= 4 is 28.4 Å². The number of fused-ring (bicyclic) bond motifs is 1. The monoisotopic (exact) mass is 377 g/mol. The smallest absolute Gasteiger partial charge is 0.253 e. The number of H-pyrrole nitrogens is 1. The van der Waals surface area contributed by atoms with Crippen LogP contribution in [0.1, 0.15) is 23.2 Å². The summed E-state index contributed by atoms with van der Waals surface area (Å²) < 4.78 is 5.14. The fourth-order valence-corrected chi connectivity index (χ4v) is 3.66. The van der Waals surface area contributed by atoms with Crippen molar-refractivity contribution < 1.29 is 14.3 Å². The second-order valence-electron chi connectivity index (χ2n) is 7.09. The first kappa shape index (κ1) is 18.1. The average molecular weight is 377 g/mol. The Hall–Kier alpha value is -3.28. The van der Waals surface area contributed by atoms with Crippen LogP contribution < -0.4 is 10.1 Å². The predicted molar refractivity (Wildman–Crippen MR) is 109 cm³/mol. The van der Waals surface area contributed by atoms with Crippen LogP contribution in [0.25, 0.3) is 10.9 Å². The Labute approximate surface area is 163 Å². The van der Waals surface area contributed by atoms with E-state index in [1.807, 2.05) is 54.7 Å². The molecule has 2 aromatic carbocycles. The van der Waals surface area contributed by atoms with E-state index in [9.17, 15) is 9.59 Å². The van der Waals surface area contributed by atoms with Crippen LogP contribution in [-0.2, 0) is 4.79 Å². The average Bonchev–Trinajstić information content (AvgIpc) is 3.21. The molecular weight excluding hydrogens is 354 g/mol. The first-order valence-corrected chi connectivity index (χ1v) is 9.45. The third-order valence-corrected chi connectivity index (χ3v) is 5.24. The number of hydrogen-bond donors (Lipinski definition) is 2. The van der Waals surface area contributed by atoms with E-state index >= 15 is 0 Å². The van der Waals surface area contributed by atoms with E-state index in [0.717, 1.165) is 35.2 Å². The number of piperidine rings is 1. The molecule has 1 aromatic heterocycles. The Kier molecular flexibility index (Phi) is 5.02.